The van der Waals surface area contributed by atoms with E-state index in [1.165, 1.54) is 6.26 Å². The van der Waals surface area contributed by atoms with Crippen LogP contribution in [0.25, 0.3) is 6.08 Å². The van der Waals surface area contributed by atoms with E-state index >= 15 is 0 Å². The van der Waals surface area contributed by atoms with Gasteiger partial charge in [-0.3, -0.25) is 4.79 Å². The lowest BCUT2D eigenvalue weighted by Gasteiger charge is -2.10. The molecule has 5 heteroatoms. The molecule has 0 amide bonds. The van der Waals surface area contributed by atoms with Crippen molar-refractivity contribution in [3.8, 4) is 6.07 Å². The molecule has 0 atom stereocenters. The first-order chi connectivity index (χ1) is 9.84. The maximum Gasteiger partial charge on any atom is 0.173 e. The quantitative estimate of drug-likeness (QED) is 0.836. The second kappa shape index (κ2) is 5.82. The van der Waals surface area contributed by atoms with Crippen molar-refractivity contribution in [2.45, 2.75) is 31.9 Å². The number of nitrogens with zero attached hydrogens (tertiary/aromatic N) is 1. The third kappa shape index (κ3) is 3.59. The number of rotatable bonds is 5. The highest BCUT2D eigenvalue weighted by atomic mass is 32.2. The van der Waals surface area contributed by atoms with Gasteiger partial charge in [-0.15, -0.1) is 0 Å². The van der Waals surface area contributed by atoms with Crippen molar-refractivity contribution in [3.63, 3.8) is 0 Å². The SMILES string of the molecule is CCc1cc2c(cc1CS(C)(=O)=O)CC(C(=O)CC#N)=C2. The van der Waals surface area contributed by atoms with Gasteiger partial charge in [0.1, 0.15) is 0 Å². The molecule has 0 spiro atoms. The van der Waals surface area contributed by atoms with E-state index in [-0.39, 0.29) is 18.0 Å². The topological polar surface area (TPSA) is 75.0 Å². The highest BCUT2D eigenvalue weighted by Gasteiger charge is 2.20. The summed E-state index contributed by atoms with van der Waals surface area (Å²) in [5.41, 5.74) is 4.35. The van der Waals surface area contributed by atoms with Crippen LogP contribution in [0.5, 0.6) is 0 Å². The molecule has 0 radical (unpaired) electrons. The zero-order chi connectivity index (χ0) is 15.6. The first-order valence-corrected chi connectivity index (χ1v) is 8.83. The first kappa shape index (κ1) is 15.5. The summed E-state index contributed by atoms with van der Waals surface area (Å²) in [6.45, 7) is 1.98. The van der Waals surface area contributed by atoms with Crippen LogP contribution in [0.4, 0.5) is 0 Å². The van der Waals surface area contributed by atoms with Crippen molar-refractivity contribution >= 4 is 21.7 Å². The van der Waals surface area contributed by atoms with Crippen LogP contribution in [-0.4, -0.2) is 20.5 Å². The highest BCUT2D eigenvalue weighted by Crippen LogP contribution is 2.30. The molecule has 4 nitrogen and oxygen atoms in total. The molecule has 0 aromatic heterocycles. The molecule has 1 aliphatic rings. The third-order valence-corrected chi connectivity index (χ3v) is 4.40. The zero-order valence-corrected chi connectivity index (χ0v) is 13.0. The summed E-state index contributed by atoms with van der Waals surface area (Å²) in [6.07, 6.45) is 4.15. The van der Waals surface area contributed by atoms with Crippen LogP contribution < -0.4 is 0 Å². The molecule has 0 unspecified atom stereocenters. The number of ketones is 1. The molecule has 0 saturated carbocycles. The van der Waals surface area contributed by atoms with Gasteiger partial charge < -0.3 is 0 Å². The van der Waals surface area contributed by atoms with Gasteiger partial charge in [0.25, 0.3) is 0 Å². The van der Waals surface area contributed by atoms with Crippen molar-refractivity contribution in [3.05, 3.63) is 40.0 Å². The minimum Gasteiger partial charge on any atom is -0.293 e. The molecule has 21 heavy (non-hydrogen) atoms. The van der Waals surface area contributed by atoms with Crippen LogP contribution >= 0.6 is 0 Å². The van der Waals surface area contributed by atoms with E-state index in [2.05, 4.69) is 0 Å². The van der Waals surface area contributed by atoms with Crippen LogP contribution in [0.2, 0.25) is 0 Å². The number of hydrogen-bond acceptors (Lipinski definition) is 4. The van der Waals surface area contributed by atoms with E-state index in [1.54, 1.807) is 0 Å². The number of aryl methyl sites for hydroxylation is 1. The normalized spacial score (nSPS) is 13.5. The van der Waals surface area contributed by atoms with Crippen molar-refractivity contribution in [1.82, 2.24) is 0 Å². The van der Waals surface area contributed by atoms with Gasteiger partial charge in [-0.2, -0.15) is 5.26 Å². The van der Waals surface area contributed by atoms with Crippen LogP contribution in [0.3, 0.4) is 0 Å². The van der Waals surface area contributed by atoms with Crippen molar-refractivity contribution < 1.29 is 13.2 Å². The van der Waals surface area contributed by atoms with Crippen molar-refractivity contribution in [2.24, 2.45) is 0 Å². The van der Waals surface area contributed by atoms with E-state index in [0.717, 1.165) is 28.7 Å². The second-order valence-corrected chi connectivity index (χ2v) is 7.49. The Labute approximate surface area is 125 Å². The summed E-state index contributed by atoms with van der Waals surface area (Å²) in [6, 6.07) is 5.71. The average molecular weight is 303 g/mol. The van der Waals surface area contributed by atoms with Gasteiger partial charge in [0.05, 0.1) is 18.2 Å². The lowest BCUT2D eigenvalue weighted by atomic mass is 9.98. The number of benzene rings is 1. The van der Waals surface area contributed by atoms with Crippen molar-refractivity contribution in [1.29, 1.82) is 5.26 Å². The molecule has 0 bridgehead atoms. The third-order valence-electron chi connectivity index (χ3n) is 3.57. The number of hydrogen-bond donors (Lipinski definition) is 0. The molecular weight excluding hydrogens is 286 g/mol. The minimum absolute atomic E-state index is 0.0188. The summed E-state index contributed by atoms with van der Waals surface area (Å²) >= 11 is 0. The van der Waals surface area contributed by atoms with Crippen LogP contribution in [0.1, 0.15) is 35.6 Å². The Bertz CT molecular complexity index is 767. The number of fused-ring (bicyclic) bond motifs is 1. The Morgan fingerprint density at radius 2 is 2.05 bits per heavy atom. The van der Waals surface area contributed by atoms with E-state index in [1.807, 2.05) is 31.2 Å². The lowest BCUT2D eigenvalue weighted by molar-refractivity contribution is -0.114. The summed E-state index contributed by atoms with van der Waals surface area (Å²) in [5, 5.41) is 8.60. The molecular formula is C16H17NO3S. The summed E-state index contributed by atoms with van der Waals surface area (Å²) in [7, 11) is -3.09. The summed E-state index contributed by atoms with van der Waals surface area (Å²) in [4.78, 5) is 11.8. The van der Waals surface area contributed by atoms with Crippen LogP contribution in [-0.2, 0) is 33.2 Å². The monoisotopic (exact) mass is 303 g/mol. The molecule has 0 heterocycles. The lowest BCUT2D eigenvalue weighted by Crippen LogP contribution is -2.05. The highest BCUT2D eigenvalue weighted by molar-refractivity contribution is 7.89. The molecule has 0 aliphatic heterocycles. The predicted octanol–water partition coefficient (Wildman–Crippen LogP) is 2.22. The molecule has 1 aromatic carbocycles. The fraction of sp³-hybridized carbons (Fsp3) is 0.375. The predicted molar refractivity (Wildman–Crippen MR) is 81.3 cm³/mol. The number of allylic oxidation sites excluding steroid dienone is 1. The molecule has 1 aromatic rings. The van der Waals surface area contributed by atoms with Crippen molar-refractivity contribution in [2.75, 3.05) is 6.26 Å². The van der Waals surface area contributed by atoms with Gasteiger partial charge in [0, 0.05) is 18.2 Å². The van der Waals surface area contributed by atoms with Gasteiger partial charge in [0.15, 0.2) is 15.6 Å². The van der Waals surface area contributed by atoms with Gasteiger partial charge in [-0.1, -0.05) is 19.1 Å². The Balaban J connectivity index is 2.37. The van der Waals surface area contributed by atoms with E-state index in [4.69, 9.17) is 5.26 Å². The number of Topliss-reactive ketones (excluding diaryl/α,β-unsaturated/α-hetero) is 1. The fourth-order valence-corrected chi connectivity index (χ4v) is 3.43. The first-order valence-electron chi connectivity index (χ1n) is 6.77. The Kier molecular flexibility index (Phi) is 4.29. The minimum atomic E-state index is -3.09. The molecule has 1 aliphatic carbocycles. The van der Waals surface area contributed by atoms with E-state index in [0.29, 0.717) is 12.0 Å². The number of carbonyl (C=O) groups is 1. The smallest absolute Gasteiger partial charge is 0.173 e. The maximum atomic E-state index is 11.8. The van der Waals surface area contributed by atoms with Crippen LogP contribution in [0.15, 0.2) is 17.7 Å². The van der Waals surface area contributed by atoms with Crippen LogP contribution in [0, 0.1) is 11.3 Å². The molecule has 110 valence electrons. The summed E-state index contributed by atoms with van der Waals surface area (Å²) < 4.78 is 23.0. The Morgan fingerprint density at radius 3 is 2.62 bits per heavy atom. The molecule has 0 fully saturated rings. The number of nitriles is 1. The summed E-state index contributed by atoms with van der Waals surface area (Å²) in [5.74, 6) is -0.137. The Morgan fingerprint density at radius 1 is 1.33 bits per heavy atom. The number of carbonyl (C=O) groups excluding carboxylic acids is 1. The molecule has 0 N–H and O–H groups in total. The zero-order valence-electron chi connectivity index (χ0n) is 12.1. The maximum absolute atomic E-state index is 11.8. The second-order valence-electron chi connectivity index (χ2n) is 5.35. The fourth-order valence-electron chi connectivity index (χ4n) is 2.60. The molecule has 2 rings (SSSR count). The largest absolute Gasteiger partial charge is 0.293 e. The standard InChI is InChI=1S/C16H17NO3S/c1-3-11-6-12-7-14(16(18)4-5-17)8-13(12)9-15(11)10-21(2,19)20/h6-7,9H,3-4,8,10H2,1-2H3. The van der Waals surface area contributed by atoms with Gasteiger partial charge in [-0.05, 0) is 34.8 Å². The average Bonchev–Trinajstić information content (AvgIpc) is 2.79. The van der Waals surface area contributed by atoms with Gasteiger partial charge >= 0.3 is 0 Å². The Hall–Kier alpha value is -1.93. The molecule has 0 saturated heterocycles. The number of sulfone groups is 1. The van der Waals surface area contributed by atoms with Gasteiger partial charge in [-0.25, -0.2) is 8.42 Å². The van der Waals surface area contributed by atoms with E-state index < -0.39 is 9.84 Å². The van der Waals surface area contributed by atoms with E-state index in [9.17, 15) is 13.2 Å². The van der Waals surface area contributed by atoms with Gasteiger partial charge in [0.2, 0.25) is 0 Å².